The molecule has 0 spiro atoms. The molecule has 29 heavy (non-hydrogen) atoms. The van der Waals surface area contributed by atoms with Crippen molar-refractivity contribution in [1.29, 1.82) is 0 Å². The van der Waals surface area contributed by atoms with Crippen molar-refractivity contribution in [3.8, 4) is 0 Å². The van der Waals surface area contributed by atoms with Crippen LogP contribution in [0, 0.1) is 11.6 Å². The minimum atomic E-state index is -0.317. The molecule has 2 aromatic carbocycles. The van der Waals surface area contributed by atoms with Crippen molar-refractivity contribution in [2.24, 2.45) is 4.99 Å². The van der Waals surface area contributed by atoms with E-state index in [1.807, 2.05) is 6.92 Å². The van der Waals surface area contributed by atoms with Crippen LogP contribution < -0.4 is 16.0 Å². The maximum atomic E-state index is 12.9. The van der Waals surface area contributed by atoms with Crippen molar-refractivity contribution < 1.29 is 13.6 Å². The Hall–Kier alpha value is -2.23. The second-order valence-corrected chi connectivity index (χ2v) is 6.22. The summed E-state index contributed by atoms with van der Waals surface area (Å²) in [4.78, 5) is 16.4. The predicted molar refractivity (Wildman–Crippen MR) is 123 cm³/mol. The summed E-state index contributed by atoms with van der Waals surface area (Å²) >= 11 is 0. The van der Waals surface area contributed by atoms with Crippen LogP contribution in [0.3, 0.4) is 0 Å². The van der Waals surface area contributed by atoms with Crippen LogP contribution in [0.15, 0.2) is 53.5 Å². The average molecular weight is 516 g/mol. The Morgan fingerprint density at radius 3 is 2.00 bits per heavy atom. The number of aliphatic imine (C=N–C) groups is 1. The highest BCUT2D eigenvalue weighted by Gasteiger charge is 2.03. The highest BCUT2D eigenvalue weighted by molar-refractivity contribution is 14.0. The molecule has 8 heteroatoms. The number of rotatable bonds is 9. The molecule has 3 N–H and O–H groups in total. The van der Waals surface area contributed by atoms with Gasteiger partial charge in [0.15, 0.2) is 5.96 Å². The fourth-order valence-electron chi connectivity index (χ4n) is 2.52. The van der Waals surface area contributed by atoms with Crippen molar-refractivity contribution in [2.75, 3.05) is 26.2 Å². The van der Waals surface area contributed by atoms with Gasteiger partial charge in [-0.15, -0.1) is 24.0 Å². The molecule has 1 amide bonds. The SMILES string of the molecule is CCNC(=NCCc1ccc(F)cc1)NCCNC(=O)Cc1ccc(F)cc1.I. The van der Waals surface area contributed by atoms with E-state index in [1.54, 1.807) is 24.3 Å². The summed E-state index contributed by atoms with van der Waals surface area (Å²) in [6, 6.07) is 12.3. The fourth-order valence-corrected chi connectivity index (χ4v) is 2.52. The Balaban J connectivity index is 0.00000420. The highest BCUT2D eigenvalue weighted by atomic mass is 127. The summed E-state index contributed by atoms with van der Waals surface area (Å²) in [5, 5.41) is 9.12. The van der Waals surface area contributed by atoms with Crippen LogP contribution in [0.1, 0.15) is 18.1 Å². The van der Waals surface area contributed by atoms with Crippen molar-refractivity contribution in [2.45, 2.75) is 19.8 Å². The second kappa shape index (κ2) is 13.9. The first kappa shape index (κ1) is 24.8. The zero-order valence-electron chi connectivity index (χ0n) is 16.4. The first-order valence-corrected chi connectivity index (χ1v) is 9.34. The van der Waals surface area contributed by atoms with Crippen molar-refractivity contribution in [3.63, 3.8) is 0 Å². The van der Waals surface area contributed by atoms with Crippen molar-refractivity contribution >= 4 is 35.8 Å². The number of halogens is 3. The Morgan fingerprint density at radius 2 is 1.41 bits per heavy atom. The van der Waals surface area contributed by atoms with E-state index in [2.05, 4.69) is 20.9 Å². The van der Waals surface area contributed by atoms with E-state index < -0.39 is 0 Å². The van der Waals surface area contributed by atoms with Gasteiger partial charge in [-0.2, -0.15) is 0 Å². The van der Waals surface area contributed by atoms with Crippen molar-refractivity contribution in [3.05, 3.63) is 71.3 Å². The Morgan fingerprint density at radius 1 is 0.862 bits per heavy atom. The average Bonchev–Trinajstić information content (AvgIpc) is 2.68. The van der Waals surface area contributed by atoms with Gasteiger partial charge in [-0.3, -0.25) is 9.79 Å². The smallest absolute Gasteiger partial charge is 0.224 e. The molecule has 0 aliphatic rings. The zero-order chi connectivity index (χ0) is 20.2. The third-order valence-corrected chi connectivity index (χ3v) is 3.95. The van der Waals surface area contributed by atoms with E-state index in [0.29, 0.717) is 32.0 Å². The molecule has 158 valence electrons. The lowest BCUT2D eigenvalue weighted by Crippen LogP contribution is -2.41. The van der Waals surface area contributed by atoms with E-state index >= 15 is 0 Å². The molecular weight excluding hydrogens is 489 g/mol. The molecule has 0 saturated heterocycles. The molecule has 0 heterocycles. The second-order valence-electron chi connectivity index (χ2n) is 6.22. The summed E-state index contributed by atoms with van der Waals surface area (Å²) < 4.78 is 25.8. The zero-order valence-corrected chi connectivity index (χ0v) is 18.7. The third kappa shape index (κ3) is 10.2. The summed E-state index contributed by atoms with van der Waals surface area (Å²) in [6.07, 6.45) is 0.928. The van der Waals surface area contributed by atoms with Gasteiger partial charge in [0, 0.05) is 26.2 Å². The molecule has 0 radical (unpaired) electrons. The van der Waals surface area contributed by atoms with Gasteiger partial charge in [-0.1, -0.05) is 24.3 Å². The number of carbonyl (C=O) groups is 1. The highest BCUT2D eigenvalue weighted by Crippen LogP contribution is 2.04. The van der Waals surface area contributed by atoms with Gasteiger partial charge < -0.3 is 16.0 Å². The molecule has 0 aliphatic carbocycles. The van der Waals surface area contributed by atoms with Crippen LogP contribution in [0.25, 0.3) is 0 Å². The minimum Gasteiger partial charge on any atom is -0.357 e. The van der Waals surface area contributed by atoms with Crippen LogP contribution in [0.2, 0.25) is 0 Å². The molecule has 0 saturated carbocycles. The van der Waals surface area contributed by atoms with Gasteiger partial charge in [-0.25, -0.2) is 8.78 Å². The lowest BCUT2D eigenvalue weighted by atomic mass is 10.1. The van der Waals surface area contributed by atoms with Crippen molar-refractivity contribution in [1.82, 2.24) is 16.0 Å². The van der Waals surface area contributed by atoms with Gasteiger partial charge in [0.2, 0.25) is 5.91 Å². The lowest BCUT2D eigenvalue weighted by Gasteiger charge is -2.12. The lowest BCUT2D eigenvalue weighted by molar-refractivity contribution is -0.120. The summed E-state index contributed by atoms with van der Waals surface area (Å²) in [5.41, 5.74) is 1.79. The van der Waals surface area contributed by atoms with E-state index in [1.165, 1.54) is 24.3 Å². The normalized spacial score (nSPS) is 10.8. The minimum absolute atomic E-state index is 0. The number of hydrogen-bond acceptors (Lipinski definition) is 2. The Kier molecular flexibility index (Phi) is 11.9. The van der Waals surface area contributed by atoms with Gasteiger partial charge in [-0.05, 0) is 48.7 Å². The maximum absolute atomic E-state index is 12.9. The van der Waals surface area contributed by atoms with Crippen LogP contribution in [-0.2, 0) is 17.6 Å². The molecule has 2 aromatic rings. The first-order valence-electron chi connectivity index (χ1n) is 9.34. The Bertz CT molecular complexity index is 767. The Labute approximate surface area is 187 Å². The van der Waals surface area contributed by atoms with Crippen LogP contribution in [-0.4, -0.2) is 38.0 Å². The molecule has 0 unspecified atom stereocenters. The molecule has 2 rings (SSSR count). The summed E-state index contributed by atoms with van der Waals surface area (Å²) in [6.45, 7) is 4.23. The quantitative estimate of drug-likeness (QED) is 0.208. The number of carbonyl (C=O) groups excluding carboxylic acids is 1. The number of amides is 1. The van der Waals surface area contributed by atoms with E-state index in [-0.39, 0.29) is 47.9 Å². The van der Waals surface area contributed by atoms with Crippen LogP contribution in [0.5, 0.6) is 0 Å². The predicted octanol–water partition coefficient (Wildman–Crippen LogP) is 3.04. The van der Waals surface area contributed by atoms with Gasteiger partial charge in [0.25, 0.3) is 0 Å². The topological polar surface area (TPSA) is 65.5 Å². The number of nitrogens with zero attached hydrogens (tertiary/aromatic N) is 1. The first-order chi connectivity index (χ1) is 13.6. The standard InChI is InChI=1S/C21H26F2N4O.HI/c1-2-24-21(26-12-11-16-3-7-18(22)8-4-16)27-14-13-25-20(28)15-17-5-9-19(23)10-6-17;/h3-10H,2,11-15H2,1H3,(H,25,28)(H2,24,26,27);1H. The largest absolute Gasteiger partial charge is 0.357 e. The van der Waals surface area contributed by atoms with Gasteiger partial charge >= 0.3 is 0 Å². The molecule has 0 atom stereocenters. The number of guanidine groups is 1. The molecule has 0 fully saturated rings. The van der Waals surface area contributed by atoms with E-state index in [4.69, 9.17) is 0 Å². The van der Waals surface area contributed by atoms with E-state index in [9.17, 15) is 13.6 Å². The molecule has 0 bridgehead atoms. The summed E-state index contributed by atoms with van der Waals surface area (Å²) in [7, 11) is 0. The maximum Gasteiger partial charge on any atom is 0.224 e. The van der Waals surface area contributed by atoms with Crippen LogP contribution in [0.4, 0.5) is 8.78 Å². The monoisotopic (exact) mass is 516 g/mol. The number of benzene rings is 2. The molecular formula is C21H27F2IN4O. The summed E-state index contributed by atoms with van der Waals surface area (Å²) in [5.74, 6) is -0.0178. The number of nitrogens with one attached hydrogen (secondary N) is 3. The fraction of sp³-hybridized carbons (Fsp3) is 0.333. The third-order valence-electron chi connectivity index (χ3n) is 3.95. The molecule has 5 nitrogen and oxygen atoms in total. The molecule has 0 aromatic heterocycles. The number of hydrogen-bond donors (Lipinski definition) is 3. The van der Waals surface area contributed by atoms with E-state index in [0.717, 1.165) is 17.7 Å². The van der Waals surface area contributed by atoms with Crippen LogP contribution >= 0.6 is 24.0 Å². The molecule has 0 aliphatic heterocycles. The van der Waals surface area contributed by atoms with Gasteiger partial charge in [0.1, 0.15) is 11.6 Å². The van der Waals surface area contributed by atoms with Gasteiger partial charge in [0.05, 0.1) is 6.42 Å².